The first-order valence-corrected chi connectivity index (χ1v) is 7.13. The van der Waals surface area contributed by atoms with E-state index in [0.717, 1.165) is 18.4 Å². The van der Waals surface area contributed by atoms with Crippen molar-refractivity contribution in [2.75, 3.05) is 26.2 Å². The van der Waals surface area contributed by atoms with E-state index in [9.17, 15) is 0 Å². The molecule has 2 saturated heterocycles. The predicted octanol–water partition coefficient (Wildman–Crippen LogP) is 2.26. The molecule has 2 fully saturated rings. The molecule has 2 heteroatoms. The molecule has 2 aliphatic heterocycles. The molecular weight excluding hydrogens is 220 g/mol. The van der Waals surface area contributed by atoms with E-state index in [4.69, 9.17) is 0 Å². The highest BCUT2D eigenvalue weighted by molar-refractivity contribution is 5.37. The second-order valence-electron chi connectivity index (χ2n) is 6.25. The third-order valence-electron chi connectivity index (χ3n) is 4.69. The topological polar surface area (TPSA) is 15.3 Å². The monoisotopic (exact) mass is 244 g/mol. The van der Waals surface area contributed by atoms with Crippen molar-refractivity contribution in [2.45, 2.75) is 27.3 Å². The molecule has 98 valence electrons. The molecule has 2 aliphatic rings. The molecule has 0 bridgehead atoms. The van der Waals surface area contributed by atoms with Crippen LogP contribution in [0.25, 0.3) is 0 Å². The highest BCUT2D eigenvalue weighted by Crippen LogP contribution is 2.28. The smallest absolute Gasteiger partial charge is 0.0239 e. The van der Waals surface area contributed by atoms with Crippen molar-refractivity contribution in [3.05, 3.63) is 34.4 Å². The van der Waals surface area contributed by atoms with Crippen LogP contribution in [0.3, 0.4) is 0 Å². The zero-order valence-electron chi connectivity index (χ0n) is 11.8. The first-order chi connectivity index (χ1) is 8.63. The third kappa shape index (κ3) is 2.19. The summed E-state index contributed by atoms with van der Waals surface area (Å²) in [6.45, 7) is 12.9. The van der Waals surface area contributed by atoms with Gasteiger partial charge in [0.2, 0.25) is 0 Å². The Morgan fingerprint density at radius 2 is 1.61 bits per heavy atom. The van der Waals surface area contributed by atoms with Gasteiger partial charge in [0.25, 0.3) is 0 Å². The fourth-order valence-corrected chi connectivity index (χ4v) is 3.76. The van der Waals surface area contributed by atoms with Gasteiger partial charge in [-0.25, -0.2) is 0 Å². The Morgan fingerprint density at radius 1 is 1.06 bits per heavy atom. The van der Waals surface area contributed by atoms with Crippen molar-refractivity contribution in [3.63, 3.8) is 0 Å². The van der Waals surface area contributed by atoms with Crippen molar-refractivity contribution in [3.8, 4) is 0 Å². The van der Waals surface area contributed by atoms with Gasteiger partial charge >= 0.3 is 0 Å². The standard InChI is InChI=1S/C16H24N2/c1-11-4-12(2)16(13(3)5-11)10-18-8-14-6-17-7-15(14)9-18/h4-5,14-15,17H,6-10H2,1-3H3/t14-,15+. The van der Waals surface area contributed by atoms with Crippen LogP contribution in [0.4, 0.5) is 0 Å². The number of fused-ring (bicyclic) bond motifs is 1. The summed E-state index contributed by atoms with van der Waals surface area (Å²) in [5.41, 5.74) is 5.86. The molecule has 2 atom stereocenters. The molecule has 18 heavy (non-hydrogen) atoms. The number of aryl methyl sites for hydroxylation is 3. The zero-order chi connectivity index (χ0) is 12.7. The highest BCUT2D eigenvalue weighted by Gasteiger charge is 2.35. The molecule has 3 rings (SSSR count). The lowest BCUT2D eigenvalue weighted by Crippen LogP contribution is -2.26. The largest absolute Gasteiger partial charge is 0.316 e. The Morgan fingerprint density at radius 3 is 2.17 bits per heavy atom. The Bertz CT molecular complexity index is 417. The maximum Gasteiger partial charge on any atom is 0.0239 e. The lowest BCUT2D eigenvalue weighted by molar-refractivity contribution is 0.304. The number of hydrogen-bond acceptors (Lipinski definition) is 2. The van der Waals surface area contributed by atoms with Gasteiger partial charge in [0.15, 0.2) is 0 Å². The van der Waals surface area contributed by atoms with Gasteiger partial charge in [0, 0.05) is 19.6 Å². The molecule has 0 spiro atoms. The van der Waals surface area contributed by atoms with Crippen LogP contribution in [0, 0.1) is 32.6 Å². The van der Waals surface area contributed by atoms with Crippen molar-refractivity contribution >= 4 is 0 Å². The highest BCUT2D eigenvalue weighted by atomic mass is 15.2. The Hall–Kier alpha value is -0.860. The van der Waals surface area contributed by atoms with E-state index in [1.807, 2.05) is 0 Å². The average molecular weight is 244 g/mol. The number of likely N-dealkylation sites (tertiary alicyclic amines) is 1. The van der Waals surface area contributed by atoms with Crippen molar-refractivity contribution in [1.82, 2.24) is 10.2 Å². The van der Waals surface area contributed by atoms with E-state index in [2.05, 4.69) is 43.1 Å². The molecule has 0 amide bonds. The van der Waals surface area contributed by atoms with Crippen LogP contribution in [0.1, 0.15) is 22.3 Å². The van der Waals surface area contributed by atoms with Gasteiger partial charge in [-0.1, -0.05) is 17.7 Å². The van der Waals surface area contributed by atoms with Gasteiger partial charge in [0.05, 0.1) is 0 Å². The SMILES string of the molecule is Cc1cc(C)c(CN2C[C@H]3CNC[C@H]3C2)c(C)c1. The number of rotatable bonds is 2. The normalized spacial score (nSPS) is 27.7. The van der Waals surface area contributed by atoms with Gasteiger partial charge in [-0.3, -0.25) is 4.90 Å². The van der Waals surface area contributed by atoms with E-state index in [0.29, 0.717) is 0 Å². The van der Waals surface area contributed by atoms with Crippen LogP contribution in [-0.2, 0) is 6.54 Å². The maximum atomic E-state index is 3.51. The first kappa shape index (κ1) is 12.2. The Kier molecular flexibility index (Phi) is 3.16. The molecule has 0 saturated carbocycles. The molecule has 1 N–H and O–H groups in total. The van der Waals surface area contributed by atoms with E-state index < -0.39 is 0 Å². The summed E-state index contributed by atoms with van der Waals surface area (Å²) in [7, 11) is 0. The molecule has 0 radical (unpaired) electrons. The van der Waals surface area contributed by atoms with Gasteiger partial charge < -0.3 is 5.32 Å². The molecule has 2 heterocycles. The lowest BCUT2D eigenvalue weighted by Gasteiger charge is -2.20. The van der Waals surface area contributed by atoms with E-state index >= 15 is 0 Å². The summed E-state index contributed by atoms with van der Waals surface area (Å²) in [6.07, 6.45) is 0. The fourth-order valence-electron chi connectivity index (χ4n) is 3.76. The Balaban J connectivity index is 1.74. The molecule has 0 aliphatic carbocycles. The summed E-state index contributed by atoms with van der Waals surface area (Å²) < 4.78 is 0. The fraction of sp³-hybridized carbons (Fsp3) is 0.625. The van der Waals surface area contributed by atoms with Crippen LogP contribution in [-0.4, -0.2) is 31.1 Å². The van der Waals surface area contributed by atoms with Crippen molar-refractivity contribution in [2.24, 2.45) is 11.8 Å². The summed E-state index contributed by atoms with van der Waals surface area (Å²) in [5.74, 6) is 1.80. The minimum Gasteiger partial charge on any atom is -0.316 e. The molecule has 1 aromatic rings. The van der Waals surface area contributed by atoms with Crippen LogP contribution in [0.15, 0.2) is 12.1 Å². The zero-order valence-corrected chi connectivity index (χ0v) is 11.8. The van der Waals surface area contributed by atoms with E-state index in [1.54, 1.807) is 5.56 Å². The summed E-state index contributed by atoms with van der Waals surface area (Å²) >= 11 is 0. The van der Waals surface area contributed by atoms with Crippen LogP contribution in [0.2, 0.25) is 0 Å². The van der Waals surface area contributed by atoms with Gasteiger partial charge in [0.1, 0.15) is 0 Å². The minimum atomic E-state index is 0.899. The molecule has 0 unspecified atom stereocenters. The first-order valence-electron chi connectivity index (χ1n) is 7.13. The summed E-state index contributed by atoms with van der Waals surface area (Å²) in [4.78, 5) is 2.65. The number of benzene rings is 1. The van der Waals surface area contributed by atoms with Gasteiger partial charge in [-0.15, -0.1) is 0 Å². The average Bonchev–Trinajstić information content (AvgIpc) is 2.83. The predicted molar refractivity (Wildman–Crippen MR) is 75.8 cm³/mol. The van der Waals surface area contributed by atoms with Crippen LogP contribution < -0.4 is 5.32 Å². The quantitative estimate of drug-likeness (QED) is 0.858. The second-order valence-corrected chi connectivity index (χ2v) is 6.25. The minimum absolute atomic E-state index is 0.899. The van der Waals surface area contributed by atoms with Gasteiger partial charge in [-0.2, -0.15) is 0 Å². The van der Waals surface area contributed by atoms with Crippen molar-refractivity contribution < 1.29 is 0 Å². The lowest BCUT2D eigenvalue weighted by atomic mass is 9.99. The maximum absolute atomic E-state index is 3.51. The van der Waals surface area contributed by atoms with E-state index in [1.165, 1.54) is 42.9 Å². The van der Waals surface area contributed by atoms with E-state index in [-0.39, 0.29) is 0 Å². The summed E-state index contributed by atoms with van der Waals surface area (Å²) in [5, 5.41) is 3.51. The molecular formula is C16H24N2. The number of hydrogen-bond donors (Lipinski definition) is 1. The van der Waals surface area contributed by atoms with Crippen LogP contribution in [0.5, 0.6) is 0 Å². The van der Waals surface area contributed by atoms with Crippen LogP contribution >= 0.6 is 0 Å². The molecule has 0 aromatic heterocycles. The third-order valence-corrected chi connectivity index (χ3v) is 4.69. The number of nitrogens with zero attached hydrogens (tertiary/aromatic N) is 1. The second kappa shape index (κ2) is 4.67. The molecule has 1 aromatic carbocycles. The van der Waals surface area contributed by atoms with Gasteiger partial charge in [-0.05, 0) is 62.4 Å². The number of nitrogens with one attached hydrogen (secondary N) is 1. The summed E-state index contributed by atoms with van der Waals surface area (Å²) in [6, 6.07) is 4.64. The molecule has 2 nitrogen and oxygen atoms in total. The Labute approximate surface area is 110 Å². The van der Waals surface area contributed by atoms with Crippen molar-refractivity contribution in [1.29, 1.82) is 0 Å².